The Bertz CT molecular complexity index is 433. The molecule has 0 saturated heterocycles. The maximum Gasteiger partial charge on any atom is 0.432 e. The lowest BCUT2D eigenvalue weighted by molar-refractivity contribution is -0.273. The number of benzene rings is 1. The number of methoxy groups -OCH3 is 1. The maximum atomic E-state index is 12.9. The van der Waals surface area contributed by atoms with Crippen molar-refractivity contribution in [3.63, 3.8) is 0 Å². The molecule has 1 aromatic carbocycles. The van der Waals surface area contributed by atoms with E-state index in [-0.39, 0.29) is 5.02 Å². The van der Waals surface area contributed by atoms with Crippen molar-refractivity contribution in [2.45, 2.75) is 11.8 Å². The molecule has 1 N–H and O–H groups in total. The van der Waals surface area contributed by atoms with Crippen molar-refractivity contribution >= 4 is 17.6 Å². The minimum atomic E-state index is -5.10. The van der Waals surface area contributed by atoms with Gasteiger partial charge in [-0.15, -0.1) is 0 Å². The molecule has 1 atom stereocenters. The van der Waals surface area contributed by atoms with Crippen LogP contribution in [0.5, 0.6) is 0 Å². The summed E-state index contributed by atoms with van der Waals surface area (Å²) in [6, 6.07) is 4.47. The second kappa shape index (κ2) is 4.54. The minimum absolute atomic E-state index is 0.00516. The van der Waals surface area contributed by atoms with Gasteiger partial charge >= 0.3 is 12.1 Å². The molecule has 0 spiro atoms. The Morgan fingerprint density at radius 2 is 2.00 bits per heavy atom. The Morgan fingerprint density at radius 3 is 2.35 bits per heavy atom. The predicted octanol–water partition coefficient (Wildman–Crippen LogP) is 2.83. The zero-order valence-corrected chi connectivity index (χ0v) is 9.34. The summed E-state index contributed by atoms with van der Waals surface area (Å²) in [5.41, 5.74) is -3.98. The number of carboxylic acid groups (broad SMARTS) is 1. The van der Waals surface area contributed by atoms with Crippen LogP contribution in [0.3, 0.4) is 0 Å². The normalized spacial score (nSPS) is 15.4. The van der Waals surface area contributed by atoms with Crippen molar-refractivity contribution in [2.24, 2.45) is 0 Å². The first kappa shape index (κ1) is 13.8. The molecular weight excluding hydrogens is 261 g/mol. The van der Waals surface area contributed by atoms with Gasteiger partial charge in [0.1, 0.15) is 0 Å². The van der Waals surface area contributed by atoms with Gasteiger partial charge in [-0.1, -0.05) is 23.7 Å². The number of carboxylic acids is 1. The van der Waals surface area contributed by atoms with Crippen LogP contribution in [0.2, 0.25) is 5.02 Å². The molecule has 0 aliphatic rings. The Hall–Kier alpha value is -1.27. The summed E-state index contributed by atoms with van der Waals surface area (Å²) in [6.45, 7) is 0. The molecular formula is C10H8ClF3O3. The van der Waals surface area contributed by atoms with E-state index < -0.39 is 23.3 Å². The Kier molecular flexibility index (Phi) is 3.68. The standard InChI is InChI=1S/C10H8ClF3O3/c1-17-9(8(15)16,10(12,13)14)6-3-2-4-7(11)5-6/h2-5H,1H3,(H,15,16). The topological polar surface area (TPSA) is 46.5 Å². The van der Waals surface area contributed by atoms with E-state index in [9.17, 15) is 18.0 Å². The van der Waals surface area contributed by atoms with Crippen LogP contribution in [0.15, 0.2) is 24.3 Å². The largest absolute Gasteiger partial charge is 0.479 e. The Balaban J connectivity index is 3.49. The van der Waals surface area contributed by atoms with Crippen LogP contribution < -0.4 is 0 Å². The second-order valence-electron chi connectivity index (χ2n) is 3.20. The van der Waals surface area contributed by atoms with Gasteiger partial charge in [-0.2, -0.15) is 13.2 Å². The smallest absolute Gasteiger partial charge is 0.432 e. The van der Waals surface area contributed by atoms with E-state index in [4.69, 9.17) is 16.7 Å². The number of carbonyl (C=O) groups is 1. The van der Waals surface area contributed by atoms with Crippen LogP contribution in [0, 0.1) is 0 Å². The third-order valence-electron chi connectivity index (χ3n) is 2.24. The summed E-state index contributed by atoms with van der Waals surface area (Å²) < 4.78 is 42.9. The zero-order chi connectivity index (χ0) is 13.3. The van der Waals surface area contributed by atoms with Gasteiger partial charge in [-0.05, 0) is 12.1 Å². The summed E-state index contributed by atoms with van der Waals surface area (Å²) in [6.07, 6.45) is -5.10. The molecule has 0 aromatic heterocycles. The fourth-order valence-electron chi connectivity index (χ4n) is 1.44. The van der Waals surface area contributed by atoms with E-state index in [1.54, 1.807) is 0 Å². The number of aliphatic carboxylic acids is 1. The van der Waals surface area contributed by atoms with E-state index in [1.807, 2.05) is 0 Å². The first-order valence-electron chi connectivity index (χ1n) is 4.37. The minimum Gasteiger partial charge on any atom is -0.479 e. The highest BCUT2D eigenvalue weighted by atomic mass is 35.5. The van der Waals surface area contributed by atoms with E-state index >= 15 is 0 Å². The number of ether oxygens (including phenoxy) is 1. The lowest BCUT2D eigenvalue weighted by Gasteiger charge is -2.30. The molecule has 94 valence electrons. The highest BCUT2D eigenvalue weighted by Gasteiger charge is 2.63. The van der Waals surface area contributed by atoms with Crippen LogP contribution in [0.25, 0.3) is 0 Å². The van der Waals surface area contributed by atoms with Crippen molar-refractivity contribution in [1.29, 1.82) is 0 Å². The maximum absolute atomic E-state index is 12.9. The molecule has 17 heavy (non-hydrogen) atoms. The highest BCUT2D eigenvalue weighted by Crippen LogP contribution is 2.42. The van der Waals surface area contributed by atoms with Crippen LogP contribution in [-0.2, 0) is 15.1 Å². The lowest BCUT2D eigenvalue weighted by atomic mass is 9.93. The number of rotatable bonds is 3. The molecule has 0 saturated carbocycles. The van der Waals surface area contributed by atoms with E-state index in [1.165, 1.54) is 12.1 Å². The fourth-order valence-corrected chi connectivity index (χ4v) is 1.63. The van der Waals surface area contributed by atoms with Gasteiger partial charge in [0, 0.05) is 17.7 Å². The molecule has 1 aromatic rings. The van der Waals surface area contributed by atoms with Crippen molar-refractivity contribution in [2.75, 3.05) is 7.11 Å². The first-order chi connectivity index (χ1) is 7.75. The molecule has 0 aliphatic carbocycles. The SMILES string of the molecule is COC(C(=O)O)(c1cccc(Cl)c1)C(F)(F)F. The molecule has 7 heteroatoms. The van der Waals surface area contributed by atoms with Crippen LogP contribution in [0.1, 0.15) is 5.56 Å². The third kappa shape index (κ3) is 2.23. The molecule has 0 bridgehead atoms. The molecule has 1 unspecified atom stereocenters. The summed E-state index contributed by atoms with van der Waals surface area (Å²) in [7, 11) is 0.683. The van der Waals surface area contributed by atoms with Gasteiger partial charge < -0.3 is 9.84 Å². The van der Waals surface area contributed by atoms with E-state index in [2.05, 4.69) is 4.74 Å². The Morgan fingerprint density at radius 1 is 1.41 bits per heavy atom. The molecule has 0 fully saturated rings. The van der Waals surface area contributed by atoms with Gasteiger partial charge in [0.05, 0.1) is 0 Å². The highest BCUT2D eigenvalue weighted by molar-refractivity contribution is 6.30. The van der Waals surface area contributed by atoms with Gasteiger partial charge in [-0.25, -0.2) is 4.79 Å². The molecule has 3 nitrogen and oxygen atoms in total. The fraction of sp³-hybridized carbons (Fsp3) is 0.300. The summed E-state index contributed by atoms with van der Waals surface area (Å²) in [5, 5.41) is 8.81. The molecule has 0 radical (unpaired) electrons. The quantitative estimate of drug-likeness (QED) is 0.917. The molecule has 0 heterocycles. The van der Waals surface area contributed by atoms with Gasteiger partial charge in [0.2, 0.25) is 0 Å². The van der Waals surface area contributed by atoms with E-state index in [0.29, 0.717) is 7.11 Å². The summed E-state index contributed by atoms with van der Waals surface area (Å²) in [4.78, 5) is 10.9. The molecule has 1 rings (SSSR count). The number of hydrogen-bond donors (Lipinski definition) is 1. The van der Waals surface area contributed by atoms with E-state index in [0.717, 1.165) is 12.1 Å². The van der Waals surface area contributed by atoms with Crippen LogP contribution in [0.4, 0.5) is 13.2 Å². The predicted molar refractivity (Wildman–Crippen MR) is 53.8 cm³/mol. The van der Waals surface area contributed by atoms with Gasteiger partial charge in [0.15, 0.2) is 0 Å². The molecule has 0 aliphatic heterocycles. The Labute approximate surface area is 99.8 Å². The van der Waals surface area contributed by atoms with Gasteiger partial charge in [0.25, 0.3) is 5.60 Å². The van der Waals surface area contributed by atoms with Crippen molar-refractivity contribution in [3.05, 3.63) is 34.9 Å². The third-order valence-corrected chi connectivity index (χ3v) is 2.47. The first-order valence-corrected chi connectivity index (χ1v) is 4.75. The number of halogens is 4. The van der Waals surface area contributed by atoms with Gasteiger partial charge in [-0.3, -0.25) is 0 Å². The average Bonchev–Trinajstić information content (AvgIpc) is 2.16. The molecule has 0 amide bonds. The summed E-state index contributed by atoms with van der Waals surface area (Å²) in [5.74, 6) is -2.14. The monoisotopic (exact) mass is 268 g/mol. The second-order valence-corrected chi connectivity index (χ2v) is 3.64. The van der Waals surface area contributed by atoms with Crippen LogP contribution >= 0.6 is 11.6 Å². The van der Waals surface area contributed by atoms with Crippen molar-refractivity contribution in [3.8, 4) is 0 Å². The zero-order valence-electron chi connectivity index (χ0n) is 8.58. The lowest BCUT2D eigenvalue weighted by Crippen LogP contribution is -2.50. The van der Waals surface area contributed by atoms with Crippen molar-refractivity contribution < 1.29 is 27.8 Å². The van der Waals surface area contributed by atoms with Crippen molar-refractivity contribution in [1.82, 2.24) is 0 Å². The van der Waals surface area contributed by atoms with Crippen LogP contribution in [-0.4, -0.2) is 24.4 Å². The summed E-state index contributed by atoms with van der Waals surface area (Å²) >= 11 is 5.55. The number of hydrogen-bond acceptors (Lipinski definition) is 2. The average molecular weight is 269 g/mol. The number of alkyl halides is 3.